The number of rotatable bonds is 15. The van der Waals surface area contributed by atoms with Crippen molar-refractivity contribution in [2.24, 2.45) is 0 Å². The summed E-state index contributed by atoms with van der Waals surface area (Å²) in [5.74, 6) is 0.901. The molecule has 0 heterocycles. The molecule has 0 bridgehead atoms. The van der Waals surface area contributed by atoms with Gasteiger partial charge in [-0.05, 0) is 6.42 Å². The van der Waals surface area contributed by atoms with Crippen molar-refractivity contribution >= 4 is 10.8 Å². The Bertz CT molecular complexity index is 192. The highest BCUT2D eigenvalue weighted by atomic mass is 32.2. The van der Waals surface area contributed by atoms with Gasteiger partial charge in [0.25, 0.3) is 0 Å². The van der Waals surface area contributed by atoms with E-state index in [1.807, 2.05) is 6.26 Å². The van der Waals surface area contributed by atoms with Gasteiger partial charge in [0, 0.05) is 22.8 Å². The molecule has 2 heteroatoms. The summed E-state index contributed by atoms with van der Waals surface area (Å²) in [4.78, 5) is 0. The van der Waals surface area contributed by atoms with Crippen LogP contribution in [0.25, 0.3) is 0 Å². The molecule has 0 N–H and O–H groups in total. The first-order chi connectivity index (χ1) is 9.27. The van der Waals surface area contributed by atoms with Crippen LogP contribution >= 0.6 is 0 Å². The third kappa shape index (κ3) is 18.1. The van der Waals surface area contributed by atoms with Crippen molar-refractivity contribution in [1.82, 2.24) is 0 Å². The predicted molar refractivity (Wildman–Crippen MR) is 89.2 cm³/mol. The van der Waals surface area contributed by atoms with Crippen LogP contribution in [0.1, 0.15) is 96.8 Å². The highest BCUT2D eigenvalue weighted by molar-refractivity contribution is 7.84. The summed E-state index contributed by atoms with van der Waals surface area (Å²) in [6, 6.07) is 0. The molecule has 0 radical (unpaired) electrons. The lowest BCUT2D eigenvalue weighted by molar-refractivity contribution is 0.538. The largest absolute Gasteiger partial charge is 0.260 e. The molecular formula is C17H36OS. The van der Waals surface area contributed by atoms with Crippen molar-refractivity contribution in [2.75, 3.05) is 12.0 Å². The Labute approximate surface area is 124 Å². The Kier molecular flexibility index (Phi) is 16.3. The van der Waals surface area contributed by atoms with Crippen LogP contribution in [0.15, 0.2) is 0 Å². The van der Waals surface area contributed by atoms with Crippen molar-refractivity contribution in [2.45, 2.75) is 96.8 Å². The lowest BCUT2D eigenvalue weighted by Gasteiger charge is -2.03. The van der Waals surface area contributed by atoms with Crippen LogP contribution in [0, 0.1) is 0 Å². The first kappa shape index (κ1) is 19.1. The van der Waals surface area contributed by atoms with Crippen LogP contribution in [-0.2, 0) is 10.8 Å². The molecule has 0 fully saturated rings. The minimum atomic E-state index is -0.582. The average Bonchev–Trinajstić information content (AvgIpc) is 2.39. The highest BCUT2D eigenvalue weighted by Crippen LogP contribution is 2.12. The summed E-state index contributed by atoms with van der Waals surface area (Å²) in [6.45, 7) is 2.28. The lowest BCUT2D eigenvalue weighted by atomic mass is 10.0. The first-order valence-corrected chi connectivity index (χ1v) is 10.3. The van der Waals surface area contributed by atoms with Gasteiger partial charge >= 0.3 is 0 Å². The normalized spacial score (nSPS) is 12.7. The van der Waals surface area contributed by atoms with E-state index in [1.54, 1.807) is 0 Å². The molecule has 0 spiro atoms. The Morgan fingerprint density at radius 3 is 1.21 bits per heavy atom. The molecule has 0 aliphatic carbocycles. The molecule has 0 rings (SSSR count). The monoisotopic (exact) mass is 288 g/mol. The number of unbranched alkanes of at least 4 members (excludes halogenated alkanes) is 13. The molecule has 1 nitrogen and oxygen atoms in total. The quantitative estimate of drug-likeness (QED) is 0.346. The average molecular weight is 289 g/mol. The van der Waals surface area contributed by atoms with E-state index in [-0.39, 0.29) is 0 Å². The maximum absolute atomic E-state index is 10.9. The molecular weight excluding hydrogens is 252 g/mol. The van der Waals surface area contributed by atoms with Gasteiger partial charge < -0.3 is 0 Å². The fourth-order valence-corrected chi connectivity index (χ4v) is 3.11. The first-order valence-electron chi connectivity index (χ1n) is 8.57. The predicted octanol–water partition coefficient (Wildman–Crippen LogP) is 5.85. The topological polar surface area (TPSA) is 17.1 Å². The van der Waals surface area contributed by atoms with Gasteiger partial charge in [-0.3, -0.25) is 4.21 Å². The van der Waals surface area contributed by atoms with Gasteiger partial charge in [0.2, 0.25) is 0 Å². The minimum absolute atomic E-state index is 0.582. The highest BCUT2D eigenvalue weighted by Gasteiger charge is 1.95. The smallest absolute Gasteiger partial charge is 0.0232 e. The van der Waals surface area contributed by atoms with Crippen LogP contribution in [0.4, 0.5) is 0 Å². The Morgan fingerprint density at radius 1 is 0.579 bits per heavy atom. The summed E-state index contributed by atoms with van der Waals surface area (Å²) in [7, 11) is -0.582. The number of hydrogen-bond acceptors (Lipinski definition) is 1. The van der Waals surface area contributed by atoms with E-state index < -0.39 is 10.8 Å². The molecule has 19 heavy (non-hydrogen) atoms. The molecule has 0 saturated heterocycles. The van der Waals surface area contributed by atoms with E-state index >= 15 is 0 Å². The van der Waals surface area contributed by atoms with Gasteiger partial charge in [-0.1, -0.05) is 90.4 Å². The molecule has 1 unspecified atom stereocenters. The maximum Gasteiger partial charge on any atom is 0.0232 e. The zero-order chi connectivity index (χ0) is 14.2. The number of hydrogen-bond donors (Lipinski definition) is 0. The summed E-state index contributed by atoms with van der Waals surface area (Å²) < 4.78 is 10.9. The van der Waals surface area contributed by atoms with E-state index in [9.17, 15) is 4.21 Å². The van der Waals surface area contributed by atoms with Crippen molar-refractivity contribution < 1.29 is 4.21 Å². The van der Waals surface area contributed by atoms with Gasteiger partial charge in [0.1, 0.15) is 0 Å². The fourth-order valence-electron chi connectivity index (χ4n) is 2.50. The van der Waals surface area contributed by atoms with Crippen LogP contribution in [-0.4, -0.2) is 16.2 Å². The molecule has 1 atom stereocenters. The summed E-state index contributed by atoms with van der Waals surface area (Å²) in [6.07, 6.45) is 21.3. The Morgan fingerprint density at radius 2 is 0.895 bits per heavy atom. The molecule has 0 aromatic heterocycles. The molecule has 0 aliphatic rings. The standard InChI is InChI=1S/C17H36OS/c1-3-4-5-6-7-8-9-10-11-12-13-14-15-16-17-19(2)18/h3-17H2,1-2H3. The third-order valence-corrected chi connectivity index (χ3v) is 4.65. The molecule has 0 saturated carbocycles. The molecule has 116 valence electrons. The van der Waals surface area contributed by atoms with E-state index in [0.29, 0.717) is 0 Å². The van der Waals surface area contributed by atoms with E-state index in [1.165, 1.54) is 83.5 Å². The van der Waals surface area contributed by atoms with Gasteiger partial charge in [0.15, 0.2) is 0 Å². The summed E-state index contributed by atoms with van der Waals surface area (Å²) >= 11 is 0. The van der Waals surface area contributed by atoms with E-state index in [2.05, 4.69) is 6.92 Å². The zero-order valence-corrected chi connectivity index (χ0v) is 14.2. The third-order valence-electron chi connectivity index (χ3n) is 3.79. The van der Waals surface area contributed by atoms with Crippen LogP contribution < -0.4 is 0 Å². The van der Waals surface area contributed by atoms with Crippen molar-refractivity contribution in [3.05, 3.63) is 0 Å². The van der Waals surface area contributed by atoms with Crippen LogP contribution in [0.3, 0.4) is 0 Å². The minimum Gasteiger partial charge on any atom is -0.260 e. The SMILES string of the molecule is CCCCCCCCCCCCCCCCS(C)=O. The second kappa shape index (κ2) is 16.2. The molecule has 0 amide bonds. The van der Waals surface area contributed by atoms with Gasteiger partial charge in [0.05, 0.1) is 0 Å². The molecule has 0 aliphatic heterocycles. The Hall–Kier alpha value is 0.150. The fraction of sp³-hybridized carbons (Fsp3) is 1.00. The van der Waals surface area contributed by atoms with Gasteiger partial charge in [-0.2, -0.15) is 0 Å². The van der Waals surface area contributed by atoms with E-state index in [4.69, 9.17) is 0 Å². The van der Waals surface area contributed by atoms with Crippen molar-refractivity contribution in [3.8, 4) is 0 Å². The maximum atomic E-state index is 10.9. The summed E-state index contributed by atoms with van der Waals surface area (Å²) in [5.41, 5.74) is 0. The van der Waals surface area contributed by atoms with Crippen molar-refractivity contribution in [3.63, 3.8) is 0 Å². The second-order valence-electron chi connectivity index (χ2n) is 5.87. The van der Waals surface area contributed by atoms with E-state index in [0.717, 1.165) is 12.2 Å². The summed E-state index contributed by atoms with van der Waals surface area (Å²) in [5, 5.41) is 0. The zero-order valence-electron chi connectivity index (χ0n) is 13.4. The lowest BCUT2D eigenvalue weighted by Crippen LogP contribution is -1.93. The molecule has 0 aromatic carbocycles. The van der Waals surface area contributed by atoms with Gasteiger partial charge in [-0.25, -0.2) is 0 Å². The Balaban J connectivity index is 2.93. The second-order valence-corrected chi connectivity index (χ2v) is 7.43. The van der Waals surface area contributed by atoms with Crippen molar-refractivity contribution in [1.29, 1.82) is 0 Å². The van der Waals surface area contributed by atoms with Gasteiger partial charge in [-0.15, -0.1) is 0 Å². The van der Waals surface area contributed by atoms with Crippen LogP contribution in [0.2, 0.25) is 0 Å². The van der Waals surface area contributed by atoms with Crippen LogP contribution in [0.5, 0.6) is 0 Å². The molecule has 0 aromatic rings.